The van der Waals surface area contributed by atoms with E-state index in [9.17, 15) is 4.39 Å². The highest BCUT2D eigenvalue weighted by Gasteiger charge is 2.30. The summed E-state index contributed by atoms with van der Waals surface area (Å²) in [5.41, 5.74) is 2.03. The fourth-order valence-corrected chi connectivity index (χ4v) is 2.05. The van der Waals surface area contributed by atoms with E-state index in [0.717, 1.165) is 18.4 Å². The first-order chi connectivity index (χ1) is 7.68. The Hall–Kier alpha value is -1.31. The number of aryl methyl sites for hydroxylation is 1. The second kappa shape index (κ2) is 4.69. The third kappa shape index (κ3) is 2.26. The summed E-state index contributed by atoms with van der Waals surface area (Å²) in [5.74, 6) is 0.198. The first-order valence-electron chi connectivity index (χ1n) is 5.75. The zero-order valence-corrected chi connectivity index (χ0v) is 9.74. The molecule has 0 N–H and O–H groups in total. The topological polar surface area (TPSA) is 9.23 Å². The summed E-state index contributed by atoms with van der Waals surface area (Å²) in [6.45, 7) is 3.83. The van der Waals surface area contributed by atoms with E-state index in [1.807, 2.05) is 32.0 Å². The summed E-state index contributed by atoms with van der Waals surface area (Å²) < 4.78 is 18.4. The molecule has 16 heavy (non-hydrogen) atoms. The fraction of sp³-hybridized carbons (Fsp3) is 0.429. The molecule has 0 aliphatic carbocycles. The Morgan fingerprint density at radius 2 is 1.94 bits per heavy atom. The van der Waals surface area contributed by atoms with Crippen molar-refractivity contribution < 1.29 is 9.13 Å². The predicted octanol–water partition coefficient (Wildman–Crippen LogP) is 3.86. The normalized spacial score (nSPS) is 24.7. The molecule has 1 heterocycles. The maximum atomic E-state index is 13.2. The molecule has 0 aromatic heterocycles. The van der Waals surface area contributed by atoms with Crippen LogP contribution in [0.3, 0.4) is 0 Å². The van der Waals surface area contributed by atoms with Crippen molar-refractivity contribution in [2.75, 3.05) is 0 Å². The molecule has 1 aromatic carbocycles. The summed E-state index contributed by atoms with van der Waals surface area (Å²) in [5, 5.41) is 0. The van der Waals surface area contributed by atoms with Gasteiger partial charge < -0.3 is 4.74 Å². The molecular weight excluding hydrogens is 203 g/mol. The van der Waals surface area contributed by atoms with E-state index in [1.165, 1.54) is 5.56 Å². The largest absolute Gasteiger partial charge is 0.467 e. The standard InChI is InChI=1S/C14H17FO/c1-10-11(2)14(15)16-13(10)9-8-12-6-4-3-5-7-12/h3-7,10,13H,8-9H2,1-2H3/t10-,13-/m0/s1. The van der Waals surface area contributed by atoms with Gasteiger partial charge in [-0.2, -0.15) is 4.39 Å². The molecule has 0 saturated carbocycles. The quantitative estimate of drug-likeness (QED) is 0.751. The Morgan fingerprint density at radius 1 is 1.25 bits per heavy atom. The molecule has 1 aromatic rings. The SMILES string of the molecule is CC1=C(F)O[C@@H](CCc2ccccc2)[C@H]1C. The zero-order valence-electron chi connectivity index (χ0n) is 9.74. The van der Waals surface area contributed by atoms with Gasteiger partial charge in [-0.15, -0.1) is 0 Å². The molecule has 86 valence electrons. The maximum absolute atomic E-state index is 13.2. The minimum Gasteiger partial charge on any atom is -0.467 e. The Bertz CT molecular complexity index is 383. The molecule has 0 unspecified atom stereocenters. The van der Waals surface area contributed by atoms with Crippen molar-refractivity contribution in [2.45, 2.75) is 32.8 Å². The van der Waals surface area contributed by atoms with Crippen molar-refractivity contribution in [1.82, 2.24) is 0 Å². The summed E-state index contributed by atoms with van der Waals surface area (Å²) in [6.07, 6.45) is 1.81. The lowest BCUT2D eigenvalue weighted by atomic mass is 9.94. The zero-order chi connectivity index (χ0) is 11.5. The van der Waals surface area contributed by atoms with E-state index in [1.54, 1.807) is 0 Å². The molecule has 1 aliphatic rings. The van der Waals surface area contributed by atoms with Crippen molar-refractivity contribution in [1.29, 1.82) is 0 Å². The molecule has 1 aliphatic heterocycles. The van der Waals surface area contributed by atoms with Crippen LogP contribution < -0.4 is 0 Å². The highest BCUT2D eigenvalue weighted by molar-refractivity contribution is 5.16. The van der Waals surface area contributed by atoms with Gasteiger partial charge in [-0.1, -0.05) is 37.3 Å². The third-order valence-corrected chi connectivity index (χ3v) is 3.37. The van der Waals surface area contributed by atoms with Crippen LogP contribution in [0.4, 0.5) is 4.39 Å². The summed E-state index contributed by atoms with van der Waals surface area (Å²) in [6, 6.07) is 9.87. The molecule has 0 amide bonds. The van der Waals surface area contributed by atoms with Crippen LogP contribution in [-0.4, -0.2) is 6.10 Å². The lowest BCUT2D eigenvalue weighted by Gasteiger charge is -2.15. The monoisotopic (exact) mass is 220 g/mol. The van der Waals surface area contributed by atoms with E-state index < -0.39 is 0 Å². The third-order valence-electron chi connectivity index (χ3n) is 3.37. The second-order valence-corrected chi connectivity index (χ2v) is 4.43. The number of hydrogen-bond acceptors (Lipinski definition) is 1. The summed E-state index contributed by atoms with van der Waals surface area (Å²) >= 11 is 0. The van der Waals surface area contributed by atoms with Gasteiger partial charge in [0.1, 0.15) is 6.10 Å². The second-order valence-electron chi connectivity index (χ2n) is 4.43. The van der Waals surface area contributed by atoms with Crippen LogP contribution in [0.15, 0.2) is 41.9 Å². The number of ether oxygens (including phenoxy) is 1. The molecule has 0 radical (unpaired) electrons. The van der Waals surface area contributed by atoms with E-state index in [-0.39, 0.29) is 18.0 Å². The fourth-order valence-electron chi connectivity index (χ4n) is 2.05. The van der Waals surface area contributed by atoms with Gasteiger partial charge in [-0.05, 0) is 25.3 Å². The van der Waals surface area contributed by atoms with Crippen LogP contribution in [0.1, 0.15) is 25.8 Å². The molecule has 1 nitrogen and oxygen atoms in total. The molecule has 2 rings (SSSR count). The molecule has 0 bridgehead atoms. The van der Waals surface area contributed by atoms with Gasteiger partial charge in [0.25, 0.3) is 6.01 Å². The van der Waals surface area contributed by atoms with Crippen LogP contribution in [0.25, 0.3) is 0 Å². The predicted molar refractivity (Wildman–Crippen MR) is 62.6 cm³/mol. The van der Waals surface area contributed by atoms with Gasteiger partial charge in [0, 0.05) is 11.5 Å². The van der Waals surface area contributed by atoms with Crippen LogP contribution in [0.2, 0.25) is 0 Å². The van der Waals surface area contributed by atoms with E-state index in [4.69, 9.17) is 4.74 Å². The van der Waals surface area contributed by atoms with Crippen LogP contribution in [0.5, 0.6) is 0 Å². The molecule has 0 spiro atoms. The van der Waals surface area contributed by atoms with Crippen molar-refractivity contribution in [3.63, 3.8) is 0 Å². The Labute approximate surface area is 95.9 Å². The lowest BCUT2D eigenvalue weighted by Crippen LogP contribution is -2.16. The Kier molecular flexibility index (Phi) is 3.28. The summed E-state index contributed by atoms with van der Waals surface area (Å²) in [4.78, 5) is 0. The van der Waals surface area contributed by atoms with Crippen molar-refractivity contribution in [3.05, 3.63) is 47.5 Å². The van der Waals surface area contributed by atoms with Gasteiger partial charge in [-0.25, -0.2) is 0 Å². The minimum absolute atomic E-state index is 0.000191. The smallest absolute Gasteiger partial charge is 0.272 e. The van der Waals surface area contributed by atoms with Gasteiger partial charge in [0.05, 0.1) is 0 Å². The van der Waals surface area contributed by atoms with Crippen molar-refractivity contribution in [3.8, 4) is 0 Å². The Morgan fingerprint density at radius 3 is 2.50 bits per heavy atom. The highest BCUT2D eigenvalue weighted by Crippen LogP contribution is 2.33. The van der Waals surface area contributed by atoms with Gasteiger partial charge >= 0.3 is 0 Å². The molecule has 0 saturated heterocycles. The Balaban J connectivity index is 1.89. The molecule has 2 atom stereocenters. The lowest BCUT2D eigenvalue weighted by molar-refractivity contribution is 0.0712. The van der Waals surface area contributed by atoms with Gasteiger partial charge in [-0.3, -0.25) is 0 Å². The highest BCUT2D eigenvalue weighted by atomic mass is 19.1. The van der Waals surface area contributed by atoms with E-state index >= 15 is 0 Å². The van der Waals surface area contributed by atoms with Crippen LogP contribution >= 0.6 is 0 Å². The number of halogens is 1. The van der Waals surface area contributed by atoms with Crippen molar-refractivity contribution in [2.24, 2.45) is 5.92 Å². The first-order valence-corrected chi connectivity index (χ1v) is 5.75. The number of rotatable bonds is 3. The molecule has 0 fully saturated rings. The molecular formula is C14H17FO. The van der Waals surface area contributed by atoms with Crippen molar-refractivity contribution >= 4 is 0 Å². The first kappa shape index (κ1) is 11.2. The minimum atomic E-state index is -0.370. The number of benzene rings is 1. The van der Waals surface area contributed by atoms with Crippen LogP contribution in [-0.2, 0) is 11.2 Å². The van der Waals surface area contributed by atoms with Gasteiger partial charge in [0.2, 0.25) is 0 Å². The maximum Gasteiger partial charge on any atom is 0.272 e. The van der Waals surface area contributed by atoms with Crippen LogP contribution in [0, 0.1) is 5.92 Å². The molecule has 2 heteroatoms. The average Bonchev–Trinajstić information content (AvgIpc) is 2.56. The summed E-state index contributed by atoms with van der Waals surface area (Å²) in [7, 11) is 0. The van der Waals surface area contributed by atoms with Gasteiger partial charge in [0.15, 0.2) is 0 Å². The number of hydrogen-bond donors (Lipinski definition) is 0. The van der Waals surface area contributed by atoms with E-state index in [2.05, 4.69) is 12.1 Å². The average molecular weight is 220 g/mol. The van der Waals surface area contributed by atoms with E-state index in [0.29, 0.717) is 0 Å².